The third-order valence-corrected chi connectivity index (χ3v) is 7.81. The lowest BCUT2D eigenvalue weighted by Crippen LogP contribution is -2.32. The van der Waals surface area contributed by atoms with Gasteiger partial charge in [0.15, 0.2) is 0 Å². The molecule has 38 heavy (non-hydrogen) atoms. The summed E-state index contributed by atoms with van der Waals surface area (Å²) in [6, 6.07) is 15.1. The van der Waals surface area contributed by atoms with Crippen LogP contribution in [0.2, 0.25) is 5.02 Å². The molecule has 2 heterocycles. The van der Waals surface area contributed by atoms with E-state index in [0.717, 1.165) is 56.0 Å². The number of aromatic nitrogens is 1. The smallest absolute Gasteiger partial charge is 0.226 e. The van der Waals surface area contributed by atoms with Crippen molar-refractivity contribution in [3.63, 3.8) is 0 Å². The zero-order valence-corrected chi connectivity index (χ0v) is 24.0. The van der Waals surface area contributed by atoms with E-state index in [9.17, 15) is 4.79 Å². The molecule has 0 spiro atoms. The normalized spacial score (nSPS) is 18.3. The van der Waals surface area contributed by atoms with Gasteiger partial charge in [-0.1, -0.05) is 81.8 Å². The van der Waals surface area contributed by atoms with Gasteiger partial charge in [-0.15, -0.1) is 0 Å². The molecule has 3 aromatic rings. The Morgan fingerprint density at radius 1 is 1.05 bits per heavy atom. The van der Waals surface area contributed by atoms with Crippen molar-refractivity contribution in [2.24, 2.45) is 5.92 Å². The quantitative estimate of drug-likeness (QED) is 0.345. The van der Waals surface area contributed by atoms with Gasteiger partial charge in [-0.3, -0.25) is 9.69 Å². The Kier molecular flexibility index (Phi) is 9.87. The molecule has 1 fully saturated rings. The highest BCUT2D eigenvalue weighted by Crippen LogP contribution is 2.34. The van der Waals surface area contributed by atoms with Gasteiger partial charge in [0.25, 0.3) is 0 Å². The van der Waals surface area contributed by atoms with Gasteiger partial charge < -0.3 is 9.88 Å². The van der Waals surface area contributed by atoms with E-state index in [-0.39, 0.29) is 11.8 Å². The van der Waals surface area contributed by atoms with Gasteiger partial charge in [-0.2, -0.15) is 0 Å². The lowest BCUT2D eigenvalue weighted by molar-refractivity contribution is -0.118. The highest BCUT2D eigenvalue weighted by Gasteiger charge is 2.23. The fraction of sp³-hybridized carbons (Fsp3) is 0.424. The first-order chi connectivity index (χ1) is 18.5. The fourth-order valence-electron chi connectivity index (χ4n) is 5.48. The number of hydrogen-bond donors (Lipinski definition) is 1. The number of allylic oxidation sites excluding steroid dienone is 4. The van der Waals surface area contributed by atoms with E-state index >= 15 is 0 Å². The molecule has 1 amide bonds. The van der Waals surface area contributed by atoms with E-state index in [1.54, 1.807) is 0 Å². The molecule has 4 nitrogen and oxygen atoms in total. The van der Waals surface area contributed by atoms with Gasteiger partial charge in [0.1, 0.15) is 0 Å². The van der Waals surface area contributed by atoms with Crippen molar-refractivity contribution in [3.05, 3.63) is 89.1 Å². The summed E-state index contributed by atoms with van der Waals surface area (Å²) in [5.41, 5.74) is 4.84. The Hall–Kier alpha value is -2.82. The number of piperidine rings is 1. The number of benzene rings is 2. The summed E-state index contributed by atoms with van der Waals surface area (Å²) in [7, 11) is 0. The fourth-order valence-corrected chi connectivity index (χ4v) is 5.65. The molecule has 1 N–H and O–H groups in total. The summed E-state index contributed by atoms with van der Waals surface area (Å²) in [6.45, 7) is 10.9. The second kappa shape index (κ2) is 13.3. The molecule has 1 aliphatic heterocycles. The van der Waals surface area contributed by atoms with Crippen LogP contribution in [0.5, 0.6) is 0 Å². The molecule has 1 saturated heterocycles. The SMILES string of the molecule is CC.CC(C)C(=O)Nc1cccc(C2CCN(Cc3cn(C4C=CC=CCC4)c4cc(Cl)ccc34)CC2)c1. The maximum atomic E-state index is 12.1. The molecular weight excluding hydrogens is 490 g/mol. The Morgan fingerprint density at radius 3 is 2.61 bits per heavy atom. The van der Waals surface area contributed by atoms with Crippen LogP contribution in [-0.2, 0) is 11.3 Å². The number of carbonyl (C=O) groups is 1. The van der Waals surface area contributed by atoms with Crippen molar-refractivity contribution in [1.82, 2.24) is 9.47 Å². The van der Waals surface area contributed by atoms with Crippen LogP contribution in [0.3, 0.4) is 0 Å². The molecule has 2 aromatic carbocycles. The van der Waals surface area contributed by atoms with Crippen LogP contribution in [0.15, 0.2) is 73.0 Å². The zero-order chi connectivity index (χ0) is 27.1. The van der Waals surface area contributed by atoms with Crippen LogP contribution in [0.4, 0.5) is 5.69 Å². The third kappa shape index (κ3) is 6.78. The van der Waals surface area contributed by atoms with Crippen LogP contribution in [0, 0.1) is 5.92 Å². The molecule has 1 aliphatic carbocycles. The van der Waals surface area contributed by atoms with Gasteiger partial charge in [0.2, 0.25) is 5.91 Å². The van der Waals surface area contributed by atoms with Crippen molar-refractivity contribution in [1.29, 1.82) is 0 Å². The Balaban J connectivity index is 0.00000164. The lowest BCUT2D eigenvalue weighted by atomic mass is 9.89. The zero-order valence-electron chi connectivity index (χ0n) is 23.3. The number of amides is 1. The molecule has 0 radical (unpaired) electrons. The van der Waals surface area contributed by atoms with Gasteiger partial charge in [0.05, 0.1) is 11.6 Å². The van der Waals surface area contributed by atoms with Crippen LogP contribution in [0.25, 0.3) is 10.9 Å². The molecule has 5 heteroatoms. The molecule has 0 saturated carbocycles. The van der Waals surface area contributed by atoms with Crippen LogP contribution < -0.4 is 5.32 Å². The molecule has 2 aliphatic rings. The van der Waals surface area contributed by atoms with E-state index in [1.165, 1.54) is 22.0 Å². The summed E-state index contributed by atoms with van der Waals surface area (Å²) in [6.07, 6.45) is 15.7. The monoisotopic (exact) mass is 531 g/mol. The Bertz CT molecular complexity index is 1280. The minimum atomic E-state index is -0.0193. The summed E-state index contributed by atoms with van der Waals surface area (Å²) < 4.78 is 2.42. The first-order valence-corrected chi connectivity index (χ1v) is 14.6. The number of nitrogens with zero attached hydrogens (tertiary/aromatic N) is 2. The Morgan fingerprint density at radius 2 is 1.84 bits per heavy atom. The number of likely N-dealkylation sites (tertiary alicyclic amines) is 1. The van der Waals surface area contributed by atoms with E-state index in [4.69, 9.17) is 11.6 Å². The van der Waals surface area contributed by atoms with Crippen molar-refractivity contribution >= 4 is 34.1 Å². The Labute approximate surface area is 233 Å². The van der Waals surface area contributed by atoms with E-state index in [1.807, 2.05) is 39.8 Å². The predicted octanol–water partition coefficient (Wildman–Crippen LogP) is 8.74. The average Bonchev–Trinajstić information content (AvgIpc) is 3.08. The van der Waals surface area contributed by atoms with Crippen molar-refractivity contribution in [2.45, 2.75) is 71.9 Å². The van der Waals surface area contributed by atoms with Gasteiger partial charge in [-0.25, -0.2) is 0 Å². The molecule has 1 atom stereocenters. The predicted molar refractivity (Wildman–Crippen MR) is 162 cm³/mol. The molecular formula is C33H42ClN3O. The van der Waals surface area contributed by atoms with Crippen molar-refractivity contribution in [3.8, 4) is 0 Å². The highest BCUT2D eigenvalue weighted by molar-refractivity contribution is 6.31. The number of hydrogen-bond acceptors (Lipinski definition) is 2. The molecule has 0 bridgehead atoms. The van der Waals surface area contributed by atoms with Crippen LogP contribution in [-0.4, -0.2) is 28.5 Å². The van der Waals surface area contributed by atoms with Crippen molar-refractivity contribution in [2.75, 3.05) is 18.4 Å². The summed E-state index contributed by atoms with van der Waals surface area (Å²) in [5, 5.41) is 5.14. The number of fused-ring (bicyclic) bond motifs is 1. The van der Waals surface area contributed by atoms with E-state index in [0.29, 0.717) is 12.0 Å². The first-order valence-electron chi connectivity index (χ1n) is 14.2. The van der Waals surface area contributed by atoms with Gasteiger partial charge in [-0.05, 0) is 80.1 Å². The highest BCUT2D eigenvalue weighted by atomic mass is 35.5. The topological polar surface area (TPSA) is 37.3 Å². The number of carbonyl (C=O) groups excluding carboxylic acids is 1. The first kappa shape index (κ1) is 28.2. The number of rotatable bonds is 6. The van der Waals surface area contributed by atoms with Crippen molar-refractivity contribution < 1.29 is 4.79 Å². The number of halogens is 1. The molecule has 202 valence electrons. The summed E-state index contributed by atoms with van der Waals surface area (Å²) >= 11 is 6.41. The minimum Gasteiger partial charge on any atom is -0.340 e. The maximum absolute atomic E-state index is 12.1. The van der Waals surface area contributed by atoms with Crippen LogP contribution in [0.1, 0.15) is 76.5 Å². The van der Waals surface area contributed by atoms with Gasteiger partial charge >= 0.3 is 0 Å². The number of nitrogens with one attached hydrogen (secondary N) is 1. The second-order valence-electron chi connectivity index (χ2n) is 10.5. The molecule has 1 unspecified atom stereocenters. The molecule has 1 aromatic heterocycles. The summed E-state index contributed by atoms with van der Waals surface area (Å²) in [5.74, 6) is 0.577. The average molecular weight is 532 g/mol. The summed E-state index contributed by atoms with van der Waals surface area (Å²) in [4.78, 5) is 14.7. The number of anilines is 1. The van der Waals surface area contributed by atoms with E-state index < -0.39 is 0 Å². The maximum Gasteiger partial charge on any atom is 0.226 e. The third-order valence-electron chi connectivity index (χ3n) is 7.58. The molecule has 5 rings (SSSR count). The van der Waals surface area contributed by atoms with E-state index in [2.05, 4.69) is 75.6 Å². The lowest BCUT2D eigenvalue weighted by Gasteiger charge is -2.32. The van der Waals surface area contributed by atoms with Gasteiger partial charge in [0, 0.05) is 34.8 Å². The largest absolute Gasteiger partial charge is 0.340 e. The second-order valence-corrected chi connectivity index (χ2v) is 10.9. The standard InChI is InChI=1S/C31H36ClN3O.C2H6/c1-22(2)31(36)33-27-9-7-8-24(18-27)23-14-16-34(17-15-23)20-25-21-35(28-10-5-3-4-6-11-28)30-19-26(32)12-13-29(25)30;1-2/h3-5,7-10,12-13,18-19,21-23,28H,6,11,14-17,20H2,1-2H3,(H,33,36);1-2H3. The van der Waals surface area contributed by atoms with Crippen LogP contribution >= 0.6 is 11.6 Å². The minimum absolute atomic E-state index is 0.0193.